The lowest BCUT2D eigenvalue weighted by Gasteiger charge is -2.08. The standard InChI is InChI=1S/C15H26N.CHF3O3S/c1-3-5-6-7-8-12-16-13-9-11-15(14-16)10-4-2;2-1(3,4)8(5,6)7/h9,11,13-14H,3-8,10,12H2,1-2H3;(H,5,6,7)/q+1;/p-1. The molecule has 0 amide bonds. The molecule has 0 aliphatic carbocycles. The molecule has 0 unspecified atom stereocenters. The third kappa shape index (κ3) is 10.6. The molecule has 0 aliphatic rings. The van der Waals surface area contributed by atoms with Crippen LogP contribution in [-0.4, -0.2) is 18.5 Å². The molecule has 1 rings (SSSR count). The van der Waals surface area contributed by atoms with Crippen LogP contribution < -0.4 is 4.57 Å². The van der Waals surface area contributed by atoms with E-state index in [4.69, 9.17) is 13.0 Å². The third-order valence-corrected chi connectivity index (χ3v) is 3.83. The van der Waals surface area contributed by atoms with Crippen LogP contribution in [0.1, 0.15) is 57.9 Å². The molecule has 0 N–H and O–H groups in total. The molecule has 0 aromatic carbocycles. The van der Waals surface area contributed by atoms with Crippen LogP contribution in [0.5, 0.6) is 0 Å². The van der Waals surface area contributed by atoms with Crippen LogP contribution in [0.25, 0.3) is 0 Å². The normalized spacial score (nSPS) is 11.8. The third-order valence-electron chi connectivity index (χ3n) is 3.26. The van der Waals surface area contributed by atoms with Gasteiger partial charge in [0.1, 0.15) is 6.54 Å². The summed E-state index contributed by atoms with van der Waals surface area (Å²) < 4.78 is 61.2. The average Bonchev–Trinajstić information content (AvgIpc) is 2.46. The molecule has 0 aliphatic heterocycles. The van der Waals surface area contributed by atoms with E-state index in [0.29, 0.717) is 0 Å². The molecule has 4 nitrogen and oxygen atoms in total. The van der Waals surface area contributed by atoms with E-state index in [2.05, 4.69) is 42.9 Å². The lowest BCUT2D eigenvalue weighted by molar-refractivity contribution is -0.697. The Morgan fingerprint density at radius 1 is 1.08 bits per heavy atom. The van der Waals surface area contributed by atoms with Crippen molar-refractivity contribution in [1.82, 2.24) is 0 Å². The first-order valence-electron chi connectivity index (χ1n) is 8.12. The number of hydrogen-bond donors (Lipinski definition) is 0. The van der Waals surface area contributed by atoms with Crippen LogP contribution in [0.15, 0.2) is 24.5 Å². The fourth-order valence-corrected chi connectivity index (χ4v) is 2.05. The highest BCUT2D eigenvalue weighted by Crippen LogP contribution is 2.20. The Bertz CT molecular complexity index is 560. The second-order valence-corrected chi connectivity index (χ2v) is 6.89. The lowest BCUT2D eigenvalue weighted by atomic mass is 10.1. The highest BCUT2D eigenvalue weighted by Gasteiger charge is 2.36. The van der Waals surface area contributed by atoms with Crippen LogP contribution in [0.3, 0.4) is 0 Å². The second-order valence-electron chi connectivity index (χ2n) is 5.51. The zero-order chi connectivity index (χ0) is 18.6. The van der Waals surface area contributed by atoms with E-state index in [1.54, 1.807) is 0 Å². The maximum absolute atomic E-state index is 10.7. The van der Waals surface area contributed by atoms with E-state index in [1.165, 1.54) is 57.1 Å². The average molecular weight is 369 g/mol. The van der Waals surface area contributed by atoms with Gasteiger partial charge >= 0.3 is 5.51 Å². The van der Waals surface area contributed by atoms with Crippen LogP contribution in [0, 0.1) is 0 Å². The molecular weight excluding hydrogens is 343 g/mol. The Morgan fingerprint density at radius 3 is 2.17 bits per heavy atom. The largest absolute Gasteiger partial charge is 0.741 e. The second kappa shape index (κ2) is 11.4. The quantitative estimate of drug-likeness (QED) is 0.302. The maximum Gasteiger partial charge on any atom is 0.485 e. The topological polar surface area (TPSA) is 61.1 Å². The summed E-state index contributed by atoms with van der Waals surface area (Å²) in [5.41, 5.74) is -4.17. The highest BCUT2D eigenvalue weighted by atomic mass is 32.2. The predicted octanol–water partition coefficient (Wildman–Crippen LogP) is 3.95. The van der Waals surface area contributed by atoms with Crippen molar-refractivity contribution in [1.29, 1.82) is 0 Å². The Labute approximate surface area is 142 Å². The van der Waals surface area contributed by atoms with Gasteiger partial charge in [-0.3, -0.25) is 0 Å². The Balaban J connectivity index is 0.000000561. The highest BCUT2D eigenvalue weighted by molar-refractivity contribution is 7.86. The van der Waals surface area contributed by atoms with Gasteiger partial charge in [-0.2, -0.15) is 13.2 Å². The van der Waals surface area contributed by atoms with E-state index < -0.39 is 15.6 Å². The molecule has 0 spiro atoms. The summed E-state index contributed by atoms with van der Waals surface area (Å²) in [4.78, 5) is 0. The first kappa shape index (κ1) is 22.9. The molecule has 0 saturated carbocycles. The van der Waals surface area contributed by atoms with Gasteiger partial charge in [0.2, 0.25) is 0 Å². The maximum atomic E-state index is 10.7. The Morgan fingerprint density at radius 2 is 1.67 bits per heavy atom. The van der Waals surface area contributed by atoms with Crippen molar-refractivity contribution < 1.29 is 30.7 Å². The van der Waals surface area contributed by atoms with Gasteiger partial charge in [-0.1, -0.05) is 39.5 Å². The SMILES string of the molecule is CCCCCCC[n+]1cccc(CCC)c1.O=S(=O)([O-])C(F)(F)F. The number of rotatable bonds is 8. The van der Waals surface area contributed by atoms with Gasteiger partial charge in [0.05, 0.1) is 0 Å². The zero-order valence-electron chi connectivity index (χ0n) is 14.2. The smallest absolute Gasteiger partial charge is 0.485 e. The van der Waals surface area contributed by atoms with Gasteiger partial charge in [-0.15, -0.1) is 0 Å². The number of pyridine rings is 1. The molecule has 0 atom stereocenters. The van der Waals surface area contributed by atoms with Crippen molar-refractivity contribution >= 4 is 10.1 Å². The number of halogens is 3. The molecule has 1 aromatic heterocycles. The van der Waals surface area contributed by atoms with Crippen LogP contribution in [-0.2, 0) is 23.1 Å². The van der Waals surface area contributed by atoms with Crippen LogP contribution >= 0.6 is 0 Å². The molecule has 0 fully saturated rings. The monoisotopic (exact) mass is 369 g/mol. The van der Waals surface area contributed by atoms with Crippen LogP contribution in [0.2, 0.25) is 0 Å². The summed E-state index contributed by atoms with van der Waals surface area (Å²) in [5.74, 6) is 0. The van der Waals surface area contributed by atoms with Crippen molar-refractivity contribution in [2.24, 2.45) is 0 Å². The fraction of sp³-hybridized carbons (Fsp3) is 0.688. The molecule has 0 bridgehead atoms. The number of aryl methyl sites for hydroxylation is 2. The van der Waals surface area contributed by atoms with Gasteiger partial charge in [0, 0.05) is 18.1 Å². The van der Waals surface area contributed by atoms with Crippen molar-refractivity contribution in [2.45, 2.75) is 70.8 Å². The summed E-state index contributed by atoms with van der Waals surface area (Å²) in [6, 6.07) is 4.41. The molecule has 8 heteroatoms. The summed E-state index contributed by atoms with van der Waals surface area (Å²) in [6.45, 7) is 5.69. The minimum atomic E-state index is -6.09. The number of alkyl halides is 3. The summed E-state index contributed by atoms with van der Waals surface area (Å²) in [5, 5.41) is 0. The number of unbranched alkanes of at least 4 members (excludes halogenated alkanes) is 4. The van der Waals surface area contributed by atoms with Gasteiger partial charge < -0.3 is 4.55 Å². The summed E-state index contributed by atoms with van der Waals surface area (Å²) in [7, 11) is -6.09. The molecule has 140 valence electrons. The zero-order valence-corrected chi connectivity index (χ0v) is 15.0. The van der Waals surface area contributed by atoms with E-state index in [9.17, 15) is 13.2 Å². The predicted molar refractivity (Wildman–Crippen MR) is 85.1 cm³/mol. The fourth-order valence-electron chi connectivity index (χ4n) is 2.05. The van der Waals surface area contributed by atoms with Crippen molar-refractivity contribution in [3.8, 4) is 0 Å². The van der Waals surface area contributed by atoms with E-state index in [0.717, 1.165) is 0 Å². The summed E-state index contributed by atoms with van der Waals surface area (Å²) >= 11 is 0. The van der Waals surface area contributed by atoms with Gasteiger partial charge in [0.25, 0.3) is 0 Å². The van der Waals surface area contributed by atoms with Crippen molar-refractivity contribution in [3.05, 3.63) is 30.1 Å². The van der Waals surface area contributed by atoms with Crippen LogP contribution in [0.4, 0.5) is 13.2 Å². The molecule has 0 saturated heterocycles. The van der Waals surface area contributed by atoms with Crippen molar-refractivity contribution in [3.63, 3.8) is 0 Å². The number of aromatic nitrogens is 1. The first-order chi connectivity index (χ1) is 11.1. The number of nitrogens with zero attached hydrogens (tertiary/aromatic N) is 1. The van der Waals surface area contributed by atoms with E-state index in [-0.39, 0.29) is 0 Å². The molecule has 1 heterocycles. The van der Waals surface area contributed by atoms with Crippen molar-refractivity contribution in [2.75, 3.05) is 0 Å². The molecule has 0 radical (unpaired) electrons. The van der Waals surface area contributed by atoms with Gasteiger partial charge in [-0.05, 0) is 18.9 Å². The van der Waals surface area contributed by atoms with E-state index >= 15 is 0 Å². The van der Waals surface area contributed by atoms with E-state index in [1.807, 2.05) is 0 Å². The minimum absolute atomic E-state index is 1.18. The minimum Gasteiger partial charge on any atom is -0.741 e. The Kier molecular flexibility index (Phi) is 10.9. The Hall–Kier alpha value is -1.15. The summed E-state index contributed by atoms with van der Waals surface area (Å²) in [6.07, 6.45) is 13.8. The molecular formula is C16H26F3NO3S. The molecule has 24 heavy (non-hydrogen) atoms. The van der Waals surface area contributed by atoms with Gasteiger partial charge in [0.15, 0.2) is 22.5 Å². The first-order valence-corrected chi connectivity index (χ1v) is 9.52. The molecule has 1 aromatic rings. The lowest BCUT2D eigenvalue weighted by Crippen LogP contribution is -2.33. The van der Waals surface area contributed by atoms with Gasteiger partial charge in [-0.25, -0.2) is 13.0 Å². The number of hydrogen-bond acceptors (Lipinski definition) is 3.